The molecule has 1 aliphatic rings. The van der Waals surface area contributed by atoms with Crippen LogP contribution in [0.4, 0.5) is 0 Å². The molecule has 136 valence electrons. The third-order valence-corrected chi connectivity index (χ3v) is 4.57. The Hall–Kier alpha value is -2.82. The Morgan fingerprint density at radius 3 is 2.50 bits per heavy atom. The van der Waals surface area contributed by atoms with E-state index in [-0.39, 0.29) is 24.5 Å². The summed E-state index contributed by atoms with van der Waals surface area (Å²) in [6.07, 6.45) is 1.52. The number of hydrogen-bond acceptors (Lipinski definition) is 3. The highest BCUT2D eigenvalue weighted by Gasteiger charge is 2.24. The van der Waals surface area contributed by atoms with E-state index in [1.165, 1.54) is 0 Å². The molecule has 5 heteroatoms. The molecule has 0 bridgehead atoms. The number of benzene rings is 2. The van der Waals surface area contributed by atoms with Crippen molar-refractivity contribution in [3.8, 4) is 5.75 Å². The molecule has 0 atom stereocenters. The zero-order valence-corrected chi connectivity index (χ0v) is 15.0. The van der Waals surface area contributed by atoms with E-state index in [4.69, 9.17) is 4.74 Å². The molecule has 1 fully saturated rings. The van der Waals surface area contributed by atoms with E-state index in [1.807, 2.05) is 61.5 Å². The van der Waals surface area contributed by atoms with Crippen molar-refractivity contribution in [2.24, 2.45) is 0 Å². The summed E-state index contributed by atoms with van der Waals surface area (Å²) in [7, 11) is 0. The second kappa shape index (κ2) is 8.52. The number of ether oxygens (including phenoxy) is 1. The number of aryl methyl sites for hydroxylation is 1. The molecule has 0 spiro atoms. The predicted molar refractivity (Wildman–Crippen MR) is 100 cm³/mol. The number of para-hydroxylation sites is 1. The molecule has 0 aliphatic carbocycles. The second-order valence-corrected chi connectivity index (χ2v) is 6.60. The maximum atomic E-state index is 12.3. The van der Waals surface area contributed by atoms with Crippen LogP contribution in [0, 0.1) is 6.92 Å². The third kappa shape index (κ3) is 4.85. The SMILES string of the molecule is Cc1cccc(C(=O)NC2CCN(C(=O)COc3ccccc3)CC2)c1. The smallest absolute Gasteiger partial charge is 0.260 e. The lowest BCUT2D eigenvalue weighted by Crippen LogP contribution is -2.47. The number of amides is 2. The fraction of sp³-hybridized carbons (Fsp3) is 0.333. The Morgan fingerprint density at radius 2 is 1.81 bits per heavy atom. The molecule has 2 aromatic rings. The number of nitrogens with one attached hydrogen (secondary N) is 1. The summed E-state index contributed by atoms with van der Waals surface area (Å²) in [6, 6.07) is 17.0. The van der Waals surface area contributed by atoms with Gasteiger partial charge in [-0.3, -0.25) is 9.59 Å². The molecular formula is C21H24N2O3. The van der Waals surface area contributed by atoms with E-state index in [2.05, 4.69) is 5.32 Å². The van der Waals surface area contributed by atoms with E-state index in [1.54, 1.807) is 4.90 Å². The van der Waals surface area contributed by atoms with Crippen molar-refractivity contribution >= 4 is 11.8 Å². The molecule has 0 unspecified atom stereocenters. The van der Waals surface area contributed by atoms with Crippen LogP contribution in [0.25, 0.3) is 0 Å². The normalized spacial score (nSPS) is 14.7. The number of carbonyl (C=O) groups excluding carboxylic acids is 2. The van der Waals surface area contributed by atoms with E-state index >= 15 is 0 Å². The lowest BCUT2D eigenvalue weighted by atomic mass is 10.0. The third-order valence-electron chi connectivity index (χ3n) is 4.57. The molecule has 1 aliphatic heterocycles. The van der Waals surface area contributed by atoms with Gasteiger partial charge in [-0.1, -0.05) is 35.9 Å². The van der Waals surface area contributed by atoms with Crippen molar-refractivity contribution in [1.29, 1.82) is 0 Å². The van der Waals surface area contributed by atoms with Crippen LogP contribution >= 0.6 is 0 Å². The van der Waals surface area contributed by atoms with Gasteiger partial charge in [-0.15, -0.1) is 0 Å². The van der Waals surface area contributed by atoms with Gasteiger partial charge in [-0.25, -0.2) is 0 Å². The highest BCUT2D eigenvalue weighted by molar-refractivity contribution is 5.94. The van der Waals surface area contributed by atoms with Crippen molar-refractivity contribution < 1.29 is 14.3 Å². The summed E-state index contributed by atoms with van der Waals surface area (Å²) in [4.78, 5) is 26.4. The van der Waals surface area contributed by atoms with Gasteiger partial charge >= 0.3 is 0 Å². The van der Waals surface area contributed by atoms with Crippen LogP contribution in [0.5, 0.6) is 5.75 Å². The molecule has 26 heavy (non-hydrogen) atoms. The van der Waals surface area contributed by atoms with E-state index < -0.39 is 0 Å². The first-order valence-corrected chi connectivity index (χ1v) is 8.95. The van der Waals surface area contributed by atoms with Gasteiger partial charge in [0.2, 0.25) is 0 Å². The number of likely N-dealkylation sites (tertiary alicyclic amines) is 1. The zero-order valence-electron chi connectivity index (χ0n) is 15.0. The molecule has 0 saturated carbocycles. The Morgan fingerprint density at radius 1 is 1.08 bits per heavy atom. The summed E-state index contributed by atoms with van der Waals surface area (Å²) < 4.78 is 5.52. The number of piperidine rings is 1. The Balaban J connectivity index is 1.43. The van der Waals surface area contributed by atoms with Crippen LogP contribution in [0.15, 0.2) is 54.6 Å². The van der Waals surface area contributed by atoms with Gasteiger partial charge in [0.05, 0.1) is 0 Å². The van der Waals surface area contributed by atoms with Crippen LogP contribution in [-0.4, -0.2) is 42.5 Å². The van der Waals surface area contributed by atoms with Gasteiger partial charge in [0.15, 0.2) is 6.61 Å². The zero-order chi connectivity index (χ0) is 18.4. The minimum absolute atomic E-state index is 0.0164. The predicted octanol–water partition coefficient (Wildman–Crippen LogP) is 2.79. The average molecular weight is 352 g/mol. The lowest BCUT2D eigenvalue weighted by molar-refractivity contribution is -0.134. The Kier molecular flexibility index (Phi) is 5.89. The summed E-state index contributed by atoms with van der Waals surface area (Å²) in [5.41, 5.74) is 1.75. The van der Waals surface area contributed by atoms with Crippen LogP contribution < -0.4 is 10.1 Å². The summed E-state index contributed by atoms with van der Waals surface area (Å²) >= 11 is 0. The molecule has 2 amide bonds. The fourth-order valence-corrected chi connectivity index (χ4v) is 3.08. The first-order chi connectivity index (χ1) is 12.6. The summed E-state index contributed by atoms with van der Waals surface area (Å²) in [5.74, 6) is 0.629. The highest BCUT2D eigenvalue weighted by atomic mass is 16.5. The molecule has 5 nitrogen and oxygen atoms in total. The second-order valence-electron chi connectivity index (χ2n) is 6.60. The van der Waals surface area contributed by atoms with Crippen molar-refractivity contribution in [3.63, 3.8) is 0 Å². The van der Waals surface area contributed by atoms with Gasteiger partial charge in [0, 0.05) is 24.7 Å². The molecule has 3 rings (SSSR count). The van der Waals surface area contributed by atoms with Gasteiger partial charge in [-0.05, 0) is 44.0 Å². The van der Waals surface area contributed by atoms with Gasteiger partial charge in [0.25, 0.3) is 11.8 Å². The fourth-order valence-electron chi connectivity index (χ4n) is 3.08. The molecule has 1 N–H and O–H groups in total. The minimum atomic E-state index is -0.0501. The molecule has 0 radical (unpaired) electrons. The van der Waals surface area contributed by atoms with E-state index in [0.717, 1.165) is 18.4 Å². The molecule has 1 saturated heterocycles. The first-order valence-electron chi connectivity index (χ1n) is 8.95. The van der Waals surface area contributed by atoms with Crippen molar-refractivity contribution in [2.45, 2.75) is 25.8 Å². The van der Waals surface area contributed by atoms with Crippen molar-refractivity contribution in [2.75, 3.05) is 19.7 Å². The van der Waals surface area contributed by atoms with Gasteiger partial charge in [0.1, 0.15) is 5.75 Å². The summed E-state index contributed by atoms with van der Waals surface area (Å²) in [5, 5.41) is 3.07. The monoisotopic (exact) mass is 352 g/mol. The number of carbonyl (C=O) groups is 2. The maximum absolute atomic E-state index is 12.3. The quantitative estimate of drug-likeness (QED) is 0.900. The van der Waals surface area contributed by atoms with Crippen LogP contribution in [0.3, 0.4) is 0 Å². The average Bonchev–Trinajstić information content (AvgIpc) is 2.67. The highest BCUT2D eigenvalue weighted by Crippen LogP contribution is 2.13. The van der Waals surface area contributed by atoms with Crippen LogP contribution in [0.2, 0.25) is 0 Å². The Bertz CT molecular complexity index is 753. The minimum Gasteiger partial charge on any atom is -0.484 e. The number of nitrogens with zero attached hydrogens (tertiary/aromatic N) is 1. The van der Waals surface area contributed by atoms with Crippen molar-refractivity contribution in [1.82, 2.24) is 10.2 Å². The summed E-state index contributed by atoms with van der Waals surface area (Å²) in [6.45, 7) is 3.29. The maximum Gasteiger partial charge on any atom is 0.260 e. The Labute approximate surface area is 154 Å². The van der Waals surface area contributed by atoms with Gasteiger partial charge in [-0.2, -0.15) is 0 Å². The number of rotatable bonds is 5. The first kappa shape index (κ1) is 18.0. The molecule has 2 aromatic carbocycles. The molecular weight excluding hydrogens is 328 g/mol. The standard InChI is InChI=1S/C21H24N2O3/c1-16-6-5-7-17(14-16)21(25)22-18-10-12-23(13-11-18)20(24)15-26-19-8-3-2-4-9-19/h2-9,14,18H,10-13,15H2,1H3,(H,22,25). The molecule has 1 heterocycles. The van der Waals surface area contributed by atoms with Gasteiger partial charge < -0.3 is 15.0 Å². The largest absolute Gasteiger partial charge is 0.484 e. The lowest BCUT2D eigenvalue weighted by Gasteiger charge is -2.32. The number of hydrogen-bond donors (Lipinski definition) is 1. The van der Waals surface area contributed by atoms with E-state index in [0.29, 0.717) is 24.4 Å². The van der Waals surface area contributed by atoms with Crippen LogP contribution in [0.1, 0.15) is 28.8 Å². The van der Waals surface area contributed by atoms with Crippen molar-refractivity contribution in [3.05, 3.63) is 65.7 Å². The van der Waals surface area contributed by atoms with Crippen LogP contribution in [-0.2, 0) is 4.79 Å². The topological polar surface area (TPSA) is 58.6 Å². The molecule has 0 aromatic heterocycles. The van der Waals surface area contributed by atoms with E-state index in [9.17, 15) is 9.59 Å².